The minimum atomic E-state index is -0.342. The van der Waals surface area contributed by atoms with Crippen LogP contribution in [0.5, 0.6) is 0 Å². The standard InChI is InChI=1S/C11H24N2O2/c1-12(2)10-4-6-13(7-5-10)8-11(14)9-15-3/h10-11,14H,4-9H2,1-3H3. The zero-order valence-electron chi connectivity index (χ0n) is 10.1. The Kier molecular flexibility index (Phi) is 5.53. The van der Waals surface area contributed by atoms with E-state index in [1.165, 1.54) is 12.8 Å². The number of rotatable bonds is 5. The van der Waals surface area contributed by atoms with Crippen molar-refractivity contribution in [2.24, 2.45) is 0 Å². The maximum Gasteiger partial charge on any atom is 0.0900 e. The highest BCUT2D eigenvalue weighted by Gasteiger charge is 2.21. The van der Waals surface area contributed by atoms with Crippen LogP contribution in [-0.2, 0) is 4.74 Å². The first-order valence-electron chi connectivity index (χ1n) is 5.69. The van der Waals surface area contributed by atoms with Gasteiger partial charge in [0.1, 0.15) is 0 Å². The van der Waals surface area contributed by atoms with E-state index in [9.17, 15) is 5.11 Å². The first-order chi connectivity index (χ1) is 7.13. The average Bonchev–Trinajstić information content (AvgIpc) is 2.18. The van der Waals surface area contributed by atoms with Gasteiger partial charge in [-0.1, -0.05) is 0 Å². The maximum atomic E-state index is 9.60. The van der Waals surface area contributed by atoms with E-state index in [-0.39, 0.29) is 6.10 Å². The fourth-order valence-corrected chi connectivity index (χ4v) is 2.16. The van der Waals surface area contributed by atoms with Gasteiger partial charge in [0, 0.05) is 19.7 Å². The molecule has 1 aliphatic rings. The Bertz CT molecular complexity index is 168. The van der Waals surface area contributed by atoms with Crippen LogP contribution in [0.4, 0.5) is 0 Å². The van der Waals surface area contributed by atoms with Crippen LogP contribution in [0.2, 0.25) is 0 Å². The molecule has 1 fully saturated rings. The molecule has 0 amide bonds. The molecule has 1 aliphatic heterocycles. The molecule has 0 bridgehead atoms. The fourth-order valence-electron chi connectivity index (χ4n) is 2.16. The van der Waals surface area contributed by atoms with E-state index in [0.717, 1.165) is 19.6 Å². The summed E-state index contributed by atoms with van der Waals surface area (Å²) in [7, 11) is 5.90. The second-order valence-corrected chi connectivity index (χ2v) is 4.60. The van der Waals surface area contributed by atoms with E-state index in [1.54, 1.807) is 7.11 Å². The molecule has 0 aromatic heterocycles. The zero-order valence-corrected chi connectivity index (χ0v) is 10.1. The van der Waals surface area contributed by atoms with Gasteiger partial charge in [0.2, 0.25) is 0 Å². The highest BCUT2D eigenvalue weighted by molar-refractivity contribution is 4.78. The minimum Gasteiger partial charge on any atom is -0.389 e. The summed E-state index contributed by atoms with van der Waals surface area (Å²) in [6.07, 6.45) is 2.06. The molecule has 15 heavy (non-hydrogen) atoms. The van der Waals surface area contributed by atoms with Crippen LogP contribution in [0.1, 0.15) is 12.8 Å². The third-order valence-electron chi connectivity index (χ3n) is 3.12. The third-order valence-corrected chi connectivity index (χ3v) is 3.12. The van der Waals surface area contributed by atoms with Crippen molar-refractivity contribution >= 4 is 0 Å². The zero-order chi connectivity index (χ0) is 11.3. The van der Waals surface area contributed by atoms with Crippen LogP contribution in [0, 0.1) is 0 Å². The topological polar surface area (TPSA) is 35.9 Å². The van der Waals surface area contributed by atoms with Gasteiger partial charge < -0.3 is 19.6 Å². The van der Waals surface area contributed by atoms with Gasteiger partial charge in [-0.05, 0) is 40.0 Å². The Labute approximate surface area is 92.8 Å². The molecule has 4 nitrogen and oxygen atoms in total. The molecule has 0 radical (unpaired) electrons. The van der Waals surface area contributed by atoms with Gasteiger partial charge in [0.25, 0.3) is 0 Å². The predicted octanol–water partition coefficient (Wildman–Crippen LogP) is 0.0197. The van der Waals surface area contributed by atoms with Crippen molar-refractivity contribution in [1.29, 1.82) is 0 Å². The molecule has 0 aromatic rings. The second kappa shape index (κ2) is 6.43. The summed E-state index contributed by atoms with van der Waals surface area (Å²) >= 11 is 0. The highest BCUT2D eigenvalue weighted by atomic mass is 16.5. The molecule has 1 N–H and O–H groups in total. The number of piperidine rings is 1. The summed E-state index contributed by atoms with van der Waals surface area (Å²) in [4.78, 5) is 4.62. The van der Waals surface area contributed by atoms with Crippen molar-refractivity contribution in [3.8, 4) is 0 Å². The van der Waals surface area contributed by atoms with Gasteiger partial charge in [-0.15, -0.1) is 0 Å². The Hall–Kier alpha value is -0.160. The van der Waals surface area contributed by atoms with Crippen molar-refractivity contribution in [2.75, 3.05) is 47.4 Å². The highest BCUT2D eigenvalue weighted by Crippen LogP contribution is 2.14. The lowest BCUT2D eigenvalue weighted by Gasteiger charge is -2.35. The molecule has 1 rings (SSSR count). The molecular weight excluding hydrogens is 192 g/mol. The summed E-state index contributed by atoms with van der Waals surface area (Å²) in [6, 6.07) is 0.709. The predicted molar refractivity (Wildman–Crippen MR) is 61.0 cm³/mol. The number of hydrogen-bond acceptors (Lipinski definition) is 4. The molecule has 90 valence electrons. The van der Waals surface area contributed by atoms with Gasteiger partial charge in [-0.2, -0.15) is 0 Å². The van der Waals surface area contributed by atoms with E-state index < -0.39 is 0 Å². The largest absolute Gasteiger partial charge is 0.389 e. The molecule has 0 aromatic carbocycles. The molecule has 0 spiro atoms. The van der Waals surface area contributed by atoms with Crippen LogP contribution in [0.15, 0.2) is 0 Å². The number of methoxy groups -OCH3 is 1. The van der Waals surface area contributed by atoms with E-state index in [1.807, 2.05) is 0 Å². The summed E-state index contributed by atoms with van der Waals surface area (Å²) < 4.78 is 4.92. The number of likely N-dealkylation sites (tertiary alicyclic amines) is 1. The van der Waals surface area contributed by atoms with Crippen LogP contribution >= 0.6 is 0 Å². The summed E-state index contributed by atoms with van der Waals surface area (Å²) in [5.74, 6) is 0. The number of aliphatic hydroxyl groups is 1. The molecule has 1 unspecified atom stereocenters. The monoisotopic (exact) mass is 216 g/mol. The van der Waals surface area contributed by atoms with Crippen LogP contribution in [-0.4, -0.2) is 74.5 Å². The lowest BCUT2D eigenvalue weighted by Crippen LogP contribution is -2.45. The van der Waals surface area contributed by atoms with Gasteiger partial charge in [0.05, 0.1) is 12.7 Å². The normalized spacial score (nSPS) is 22.2. The molecule has 1 saturated heterocycles. The number of nitrogens with zero attached hydrogens (tertiary/aromatic N) is 2. The van der Waals surface area contributed by atoms with Gasteiger partial charge in [0.15, 0.2) is 0 Å². The van der Waals surface area contributed by atoms with Crippen molar-refractivity contribution in [1.82, 2.24) is 9.80 Å². The number of ether oxygens (including phenoxy) is 1. The van der Waals surface area contributed by atoms with Gasteiger partial charge in [-0.3, -0.25) is 0 Å². The molecule has 0 aliphatic carbocycles. The quantitative estimate of drug-likeness (QED) is 0.703. The van der Waals surface area contributed by atoms with E-state index in [2.05, 4.69) is 23.9 Å². The molecule has 1 heterocycles. The molecule has 0 saturated carbocycles. The lowest BCUT2D eigenvalue weighted by atomic mass is 10.0. The molecular formula is C11H24N2O2. The van der Waals surface area contributed by atoms with Gasteiger partial charge >= 0.3 is 0 Å². The second-order valence-electron chi connectivity index (χ2n) is 4.60. The van der Waals surface area contributed by atoms with Crippen LogP contribution in [0.3, 0.4) is 0 Å². The van der Waals surface area contributed by atoms with E-state index in [4.69, 9.17) is 4.74 Å². The van der Waals surface area contributed by atoms with E-state index >= 15 is 0 Å². The molecule has 1 atom stereocenters. The van der Waals surface area contributed by atoms with Gasteiger partial charge in [-0.25, -0.2) is 0 Å². The molecule has 4 heteroatoms. The first-order valence-corrected chi connectivity index (χ1v) is 5.69. The Morgan fingerprint density at radius 2 is 2.00 bits per heavy atom. The average molecular weight is 216 g/mol. The SMILES string of the molecule is COCC(O)CN1CCC(N(C)C)CC1. The summed E-state index contributed by atoms with van der Waals surface area (Å²) in [6.45, 7) is 3.36. The summed E-state index contributed by atoms with van der Waals surface area (Å²) in [5.41, 5.74) is 0. The van der Waals surface area contributed by atoms with E-state index in [0.29, 0.717) is 12.6 Å². The maximum absolute atomic E-state index is 9.60. The summed E-state index contributed by atoms with van der Waals surface area (Å²) in [5, 5.41) is 9.60. The van der Waals surface area contributed by atoms with Crippen LogP contribution < -0.4 is 0 Å². The number of hydrogen-bond donors (Lipinski definition) is 1. The van der Waals surface area contributed by atoms with Crippen molar-refractivity contribution in [3.05, 3.63) is 0 Å². The van der Waals surface area contributed by atoms with Crippen molar-refractivity contribution in [2.45, 2.75) is 25.0 Å². The Morgan fingerprint density at radius 1 is 1.40 bits per heavy atom. The Morgan fingerprint density at radius 3 is 2.47 bits per heavy atom. The lowest BCUT2D eigenvalue weighted by molar-refractivity contribution is 0.0268. The number of aliphatic hydroxyl groups excluding tert-OH is 1. The van der Waals surface area contributed by atoms with Crippen molar-refractivity contribution < 1.29 is 9.84 Å². The van der Waals surface area contributed by atoms with Crippen molar-refractivity contribution in [3.63, 3.8) is 0 Å². The van der Waals surface area contributed by atoms with Crippen LogP contribution in [0.25, 0.3) is 0 Å². The smallest absolute Gasteiger partial charge is 0.0900 e. The fraction of sp³-hybridized carbons (Fsp3) is 1.00. The Balaban J connectivity index is 2.19. The number of β-amino-alcohol motifs (C(OH)–C–C–N with tert-alkyl or cyclic N) is 1. The third kappa shape index (κ3) is 4.47. The first kappa shape index (κ1) is 12.9. The minimum absolute atomic E-state index is 0.342.